The van der Waals surface area contributed by atoms with Gasteiger partial charge in [0.1, 0.15) is 5.75 Å². The second-order valence-electron chi connectivity index (χ2n) is 6.07. The van der Waals surface area contributed by atoms with Crippen molar-refractivity contribution in [1.29, 1.82) is 5.26 Å². The minimum absolute atomic E-state index is 0.109. The molecule has 7 heteroatoms. The summed E-state index contributed by atoms with van der Waals surface area (Å²) in [4.78, 5) is 0. The number of halogens is 3. The smallest absolute Gasteiger partial charge is 0.405 e. The molecule has 0 aliphatic heterocycles. The fourth-order valence-electron chi connectivity index (χ4n) is 2.66. The predicted molar refractivity (Wildman–Crippen MR) is 101 cm³/mol. The van der Waals surface area contributed by atoms with Crippen LogP contribution < -0.4 is 4.74 Å². The summed E-state index contributed by atoms with van der Waals surface area (Å²) < 4.78 is 42.5. The lowest BCUT2D eigenvalue weighted by atomic mass is 9.96. The van der Waals surface area contributed by atoms with Crippen molar-refractivity contribution < 1.29 is 17.9 Å². The van der Waals surface area contributed by atoms with Crippen molar-refractivity contribution in [2.24, 2.45) is 0 Å². The third-order valence-corrected chi connectivity index (χ3v) is 5.38. The van der Waals surface area contributed by atoms with E-state index in [1.54, 1.807) is 24.3 Å². The van der Waals surface area contributed by atoms with Gasteiger partial charge in [-0.15, -0.1) is 24.8 Å². The zero-order valence-electron chi connectivity index (χ0n) is 14.2. The van der Waals surface area contributed by atoms with Gasteiger partial charge in [-0.2, -0.15) is 5.26 Å². The molecule has 0 saturated carbocycles. The Hall–Kier alpha value is -1.78. The van der Waals surface area contributed by atoms with Crippen LogP contribution in [0.15, 0.2) is 42.5 Å². The summed E-state index contributed by atoms with van der Waals surface area (Å²) >= 11 is 4.28. The second-order valence-corrected chi connectivity index (χ2v) is 7.48. The largest absolute Gasteiger partial charge is 0.573 e. The van der Waals surface area contributed by atoms with Gasteiger partial charge in [-0.05, 0) is 41.2 Å². The SMILES string of the molecule is CC(C)c1ccc(C(Cc2ccccc2C#N)SS)cc1OC(F)(F)F. The molecular weight excluding hydrogens is 379 g/mol. The molecule has 0 N–H and O–H groups in total. The third kappa shape index (κ3) is 5.36. The molecule has 0 radical (unpaired) electrons. The minimum atomic E-state index is -4.75. The number of hydrogen-bond donors (Lipinski definition) is 1. The van der Waals surface area contributed by atoms with Crippen LogP contribution in [0.5, 0.6) is 5.75 Å². The summed E-state index contributed by atoms with van der Waals surface area (Å²) in [6.07, 6.45) is -4.27. The minimum Gasteiger partial charge on any atom is -0.405 e. The lowest BCUT2D eigenvalue weighted by molar-refractivity contribution is -0.274. The summed E-state index contributed by atoms with van der Waals surface area (Å²) in [5, 5.41) is 9.00. The number of thiol groups is 1. The lowest BCUT2D eigenvalue weighted by Crippen LogP contribution is -2.18. The highest BCUT2D eigenvalue weighted by molar-refractivity contribution is 8.68. The van der Waals surface area contributed by atoms with Gasteiger partial charge in [0.2, 0.25) is 0 Å². The number of benzene rings is 2. The van der Waals surface area contributed by atoms with Gasteiger partial charge < -0.3 is 4.74 Å². The van der Waals surface area contributed by atoms with Crippen LogP contribution in [0, 0.1) is 11.3 Å². The van der Waals surface area contributed by atoms with Crippen molar-refractivity contribution >= 4 is 22.5 Å². The molecule has 0 spiro atoms. The van der Waals surface area contributed by atoms with Gasteiger partial charge in [-0.1, -0.05) is 55.0 Å². The van der Waals surface area contributed by atoms with Crippen molar-refractivity contribution in [1.82, 2.24) is 0 Å². The quantitative estimate of drug-likeness (QED) is 0.450. The van der Waals surface area contributed by atoms with Crippen LogP contribution in [-0.2, 0) is 6.42 Å². The Labute approximate surface area is 160 Å². The van der Waals surface area contributed by atoms with Crippen LogP contribution >= 0.6 is 22.5 Å². The number of nitriles is 1. The Bertz CT molecular complexity index is 800. The second kappa shape index (κ2) is 8.74. The maximum absolute atomic E-state index is 12.8. The Balaban J connectivity index is 2.38. The molecule has 138 valence electrons. The molecule has 0 amide bonds. The first-order chi connectivity index (χ1) is 12.2. The monoisotopic (exact) mass is 397 g/mol. The highest BCUT2D eigenvalue weighted by atomic mass is 33.1. The molecule has 0 aliphatic rings. The molecule has 2 rings (SSSR count). The van der Waals surface area contributed by atoms with E-state index in [1.165, 1.54) is 16.9 Å². The van der Waals surface area contributed by atoms with E-state index in [-0.39, 0.29) is 16.9 Å². The third-order valence-electron chi connectivity index (χ3n) is 3.93. The average molecular weight is 397 g/mol. The van der Waals surface area contributed by atoms with E-state index in [0.29, 0.717) is 23.1 Å². The highest BCUT2D eigenvalue weighted by Crippen LogP contribution is 2.40. The standard InChI is InChI=1S/C19H18F3NOS2/c1-12(2)16-8-7-14(9-17(16)24-19(20,21)22)18(26-25)10-13-5-3-4-6-15(13)11-23/h3-9,12,18,25H,10H2,1-2H3. The van der Waals surface area contributed by atoms with E-state index in [1.807, 2.05) is 26.0 Å². The first kappa shape index (κ1) is 20.5. The maximum Gasteiger partial charge on any atom is 0.573 e. The maximum atomic E-state index is 12.8. The van der Waals surface area contributed by atoms with E-state index in [0.717, 1.165) is 5.56 Å². The van der Waals surface area contributed by atoms with Gasteiger partial charge in [0.05, 0.1) is 11.6 Å². The van der Waals surface area contributed by atoms with Crippen LogP contribution in [0.25, 0.3) is 0 Å². The number of hydrogen-bond acceptors (Lipinski definition) is 4. The van der Waals surface area contributed by atoms with Crippen LogP contribution in [-0.4, -0.2) is 6.36 Å². The molecule has 0 fully saturated rings. The Morgan fingerprint density at radius 3 is 2.46 bits per heavy atom. The summed E-state index contributed by atoms with van der Waals surface area (Å²) in [6.45, 7) is 3.62. The van der Waals surface area contributed by atoms with E-state index < -0.39 is 6.36 Å². The molecule has 1 atom stereocenters. The normalized spacial score (nSPS) is 12.7. The van der Waals surface area contributed by atoms with Gasteiger partial charge in [0.25, 0.3) is 0 Å². The van der Waals surface area contributed by atoms with Crippen molar-refractivity contribution in [2.45, 2.75) is 37.8 Å². The first-order valence-electron chi connectivity index (χ1n) is 7.93. The number of ether oxygens (including phenoxy) is 1. The molecule has 0 aliphatic carbocycles. The molecule has 0 saturated heterocycles. The van der Waals surface area contributed by atoms with E-state index >= 15 is 0 Å². The molecule has 0 bridgehead atoms. The number of alkyl halides is 3. The van der Waals surface area contributed by atoms with Crippen LogP contribution in [0.3, 0.4) is 0 Å². The molecule has 2 aromatic rings. The van der Waals surface area contributed by atoms with Crippen molar-refractivity contribution in [2.75, 3.05) is 0 Å². The summed E-state index contributed by atoms with van der Waals surface area (Å²) in [5.41, 5.74) is 2.53. The Morgan fingerprint density at radius 2 is 1.88 bits per heavy atom. The van der Waals surface area contributed by atoms with Gasteiger partial charge in [0, 0.05) is 5.25 Å². The predicted octanol–water partition coefficient (Wildman–Crippen LogP) is 6.44. The van der Waals surface area contributed by atoms with Gasteiger partial charge in [-0.25, -0.2) is 0 Å². The highest BCUT2D eigenvalue weighted by Gasteiger charge is 2.32. The molecule has 0 aromatic heterocycles. The number of nitrogens with zero attached hydrogens (tertiary/aromatic N) is 1. The Morgan fingerprint density at radius 1 is 1.19 bits per heavy atom. The van der Waals surface area contributed by atoms with Crippen molar-refractivity contribution in [3.8, 4) is 11.8 Å². The van der Waals surface area contributed by atoms with Gasteiger partial charge >= 0.3 is 6.36 Å². The van der Waals surface area contributed by atoms with E-state index in [2.05, 4.69) is 22.5 Å². The summed E-state index contributed by atoms with van der Waals surface area (Å²) in [6, 6.07) is 14.2. The zero-order valence-corrected chi connectivity index (χ0v) is 16.0. The fraction of sp³-hybridized carbons (Fsp3) is 0.316. The van der Waals surface area contributed by atoms with Crippen LogP contribution in [0.1, 0.15) is 47.3 Å². The molecule has 1 unspecified atom stereocenters. The summed E-state index contributed by atoms with van der Waals surface area (Å²) in [7, 11) is 1.23. The van der Waals surface area contributed by atoms with Crippen LogP contribution in [0.4, 0.5) is 13.2 Å². The Kier molecular flexibility index (Phi) is 6.90. The van der Waals surface area contributed by atoms with Gasteiger partial charge in [-0.3, -0.25) is 0 Å². The fourth-order valence-corrected chi connectivity index (χ4v) is 3.78. The van der Waals surface area contributed by atoms with E-state index in [4.69, 9.17) is 0 Å². The van der Waals surface area contributed by atoms with Crippen molar-refractivity contribution in [3.63, 3.8) is 0 Å². The molecule has 2 aromatic carbocycles. The van der Waals surface area contributed by atoms with Crippen LogP contribution in [0.2, 0.25) is 0 Å². The number of rotatable bonds is 6. The van der Waals surface area contributed by atoms with E-state index in [9.17, 15) is 18.4 Å². The summed E-state index contributed by atoms with van der Waals surface area (Å²) in [5.74, 6) is -0.297. The van der Waals surface area contributed by atoms with Gasteiger partial charge in [0.15, 0.2) is 0 Å². The molecular formula is C19H18F3NOS2. The molecule has 0 heterocycles. The molecule has 2 nitrogen and oxygen atoms in total. The zero-order chi connectivity index (χ0) is 19.3. The average Bonchev–Trinajstić information content (AvgIpc) is 2.58. The first-order valence-corrected chi connectivity index (χ1v) is 9.86. The topological polar surface area (TPSA) is 33.0 Å². The lowest BCUT2D eigenvalue weighted by Gasteiger charge is -2.20. The molecule has 26 heavy (non-hydrogen) atoms. The van der Waals surface area contributed by atoms with Crippen molar-refractivity contribution in [3.05, 3.63) is 64.7 Å².